The molecule has 1 heterocycles. The molecule has 0 aromatic carbocycles. The number of carbonyl (C=O) groups is 1. The maximum Gasteiger partial charge on any atom is 0.303 e. The number of rotatable bonds is 5. The van der Waals surface area contributed by atoms with Gasteiger partial charge in [-0.3, -0.25) is 4.79 Å². The SMILES string of the molecule is CC(C)Cc1ccc(C(C)CC(=O)O)s1. The van der Waals surface area contributed by atoms with Crippen LogP contribution in [0.15, 0.2) is 12.1 Å². The van der Waals surface area contributed by atoms with Crippen molar-refractivity contribution in [2.75, 3.05) is 0 Å². The summed E-state index contributed by atoms with van der Waals surface area (Å²) in [6.45, 7) is 6.36. The Labute approximate surface area is 94.9 Å². The fourth-order valence-electron chi connectivity index (χ4n) is 1.53. The van der Waals surface area contributed by atoms with Crippen LogP contribution in [0.3, 0.4) is 0 Å². The number of aliphatic carboxylic acids is 1. The average molecular weight is 226 g/mol. The molecule has 0 aliphatic rings. The van der Waals surface area contributed by atoms with Crippen molar-refractivity contribution in [3.63, 3.8) is 0 Å². The first-order valence-corrected chi connectivity index (χ1v) is 6.11. The van der Waals surface area contributed by atoms with Gasteiger partial charge >= 0.3 is 5.97 Å². The van der Waals surface area contributed by atoms with E-state index >= 15 is 0 Å². The summed E-state index contributed by atoms with van der Waals surface area (Å²) in [7, 11) is 0. The fourth-order valence-corrected chi connectivity index (χ4v) is 2.81. The Bertz CT molecular complexity index is 328. The lowest BCUT2D eigenvalue weighted by molar-refractivity contribution is -0.137. The van der Waals surface area contributed by atoms with Gasteiger partial charge in [0.1, 0.15) is 0 Å². The zero-order valence-electron chi connectivity index (χ0n) is 9.49. The second kappa shape index (κ2) is 5.31. The van der Waals surface area contributed by atoms with Crippen LogP contribution in [0.2, 0.25) is 0 Å². The standard InChI is InChI=1S/C12H18O2S/c1-8(2)6-10-4-5-11(15-10)9(3)7-12(13)14/h4-5,8-9H,6-7H2,1-3H3,(H,13,14). The van der Waals surface area contributed by atoms with Crippen molar-refractivity contribution >= 4 is 17.3 Å². The number of hydrogen-bond acceptors (Lipinski definition) is 2. The Kier molecular flexibility index (Phi) is 4.33. The number of hydrogen-bond donors (Lipinski definition) is 1. The first kappa shape index (κ1) is 12.2. The van der Waals surface area contributed by atoms with Crippen molar-refractivity contribution in [1.29, 1.82) is 0 Å². The van der Waals surface area contributed by atoms with Gasteiger partial charge in [-0.25, -0.2) is 0 Å². The van der Waals surface area contributed by atoms with Crippen LogP contribution < -0.4 is 0 Å². The van der Waals surface area contributed by atoms with Crippen molar-refractivity contribution in [1.82, 2.24) is 0 Å². The Morgan fingerprint density at radius 1 is 1.40 bits per heavy atom. The summed E-state index contributed by atoms with van der Waals surface area (Å²) in [6, 6.07) is 4.19. The van der Waals surface area contributed by atoms with Gasteiger partial charge in [-0.05, 0) is 24.5 Å². The van der Waals surface area contributed by atoms with Crippen molar-refractivity contribution < 1.29 is 9.90 Å². The highest BCUT2D eigenvalue weighted by molar-refractivity contribution is 7.12. The second-order valence-corrected chi connectivity index (χ2v) is 5.60. The second-order valence-electron chi connectivity index (χ2n) is 4.40. The molecule has 1 atom stereocenters. The molecule has 84 valence electrons. The van der Waals surface area contributed by atoms with Crippen molar-refractivity contribution in [3.8, 4) is 0 Å². The molecule has 1 rings (SSSR count). The predicted octanol–water partition coefficient (Wildman–Crippen LogP) is 3.52. The third-order valence-corrected chi connectivity index (χ3v) is 3.60. The smallest absolute Gasteiger partial charge is 0.303 e. The summed E-state index contributed by atoms with van der Waals surface area (Å²) >= 11 is 1.75. The Hall–Kier alpha value is -0.830. The van der Waals surface area contributed by atoms with E-state index in [1.54, 1.807) is 11.3 Å². The van der Waals surface area contributed by atoms with Crippen molar-refractivity contribution in [3.05, 3.63) is 21.9 Å². The number of thiophene rings is 1. The van der Waals surface area contributed by atoms with Gasteiger partial charge < -0.3 is 5.11 Å². The summed E-state index contributed by atoms with van der Waals surface area (Å²) in [6.07, 6.45) is 1.31. The summed E-state index contributed by atoms with van der Waals surface area (Å²) in [5.74, 6) is 0.0704. The van der Waals surface area contributed by atoms with Crippen LogP contribution in [0.1, 0.15) is 42.9 Å². The van der Waals surface area contributed by atoms with Crippen molar-refractivity contribution in [2.45, 2.75) is 39.5 Å². The zero-order valence-corrected chi connectivity index (χ0v) is 10.3. The molecule has 2 nitrogen and oxygen atoms in total. The van der Waals surface area contributed by atoms with Crippen LogP contribution in [0.4, 0.5) is 0 Å². The molecule has 1 N–H and O–H groups in total. The minimum absolute atomic E-state index is 0.133. The van der Waals surface area contributed by atoms with E-state index in [0.717, 1.165) is 6.42 Å². The van der Waals surface area contributed by atoms with Gasteiger partial charge in [0, 0.05) is 15.7 Å². The van der Waals surface area contributed by atoms with Gasteiger partial charge in [0.15, 0.2) is 0 Å². The minimum Gasteiger partial charge on any atom is -0.481 e. The highest BCUT2D eigenvalue weighted by atomic mass is 32.1. The third-order valence-electron chi connectivity index (χ3n) is 2.26. The molecular weight excluding hydrogens is 208 g/mol. The summed E-state index contributed by atoms with van der Waals surface area (Å²) in [5.41, 5.74) is 0. The van der Waals surface area contributed by atoms with E-state index < -0.39 is 5.97 Å². The molecule has 0 saturated carbocycles. The predicted molar refractivity (Wildman–Crippen MR) is 63.5 cm³/mol. The average Bonchev–Trinajstić information content (AvgIpc) is 2.50. The maximum atomic E-state index is 10.6. The Balaban J connectivity index is 2.62. The topological polar surface area (TPSA) is 37.3 Å². The number of carboxylic acids is 1. The molecule has 1 aromatic heterocycles. The lowest BCUT2D eigenvalue weighted by Gasteiger charge is -2.05. The molecule has 0 aliphatic carbocycles. The molecule has 0 fully saturated rings. The Morgan fingerprint density at radius 3 is 2.60 bits per heavy atom. The molecule has 3 heteroatoms. The summed E-state index contributed by atoms with van der Waals surface area (Å²) in [4.78, 5) is 13.1. The fraction of sp³-hybridized carbons (Fsp3) is 0.583. The summed E-state index contributed by atoms with van der Waals surface area (Å²) in [5, 5.41) is 8.70. The van der Waals surface area contributed by atoms with Crippen molar-refractivity contribution in [2.24, 2.45) is 5.92 Å². The van der Waals surface area contributed by atoms with Gasteiger partial charge in [0.05, 0.1) is 6.42 Å². The molecular formula is C12H18O2S. The van der Waals surface area contributed by atoms with Gasteiger partial charge in [-0.2, -0.15) is 0 Å². The van der Waals surface area contributed by atoms with Crippen LogP contribution >= 0.6 is 11.3 Å². The van der Waals surface area contributed by atoms with E-state index in [2.05, 4.69) is 26.0 Å². The molecule has 15 heavy (non-hydrogen) atoms. The van der Waals surface area contributed by atoms with Gasteiger partial charge in [-0.1, -0.05) is 20.8 Å². The van der Waals surface area contributed by atoms with Gasteiger partial charge in [-0.15, -0.1) is 11.3 Å². The first-order chi connectivity index (χ1) is 6.99. The molecule has 0 saturated heterocycles. The van der Waals surface area contributed by atoms with Crippen LogP contribution in [0.25, 0.3) is 0 Å². The number of carboxylic acid groups (broad SMARTS) is 1. The van der Waals surface area contributed by atoms with E-state index in [9.17, 15) is 4.79 Å². The Morgan fingerprint density at radius 2 is 2.07 bits per heavy atom. The van der Waals surface area contributed by atoms with E-state index in [1.807, 2.05) is 6.92 Å². The van der Waals surface area contributed by atoms with Crippen LogP contribution in [-0.4, -0.2) is 11.1 Å². The molecule has 0 radical (unpaired) electrons. The molecule has 0 aliphatic heterocycles. The quantitative estimate of drug-likeness (QED) is 0.834. The molecule has 0 spiro atoms. The normalized spacial score (nSPS) is 13.1. The zero-order chi connectivity index (χ0) is 11.4. The minimum atomic E-state index is -0.721. The maximum absolute atomic E-state index is 10.6. The van der Waals surface area contributed by atoms with Gasteiger partial charge in [0.2, 0.25) is 0 Å². The highest BCUT2D eigenvalue weighted by Gasteiger charge is 2.12. The van der Waals surface area contributed by atoms with Crippen LogP contribution in [0, 0.1) is 5.92 Å². The lowest BCUT2D eigenvalue weighted by Crippen LogP contribution is -2.00. The van der Waals surface area contributed by atoms with E-state index in [4.69, 9.17) is 5.11 Å². The molecule has 0 bridgehead atoms. The van der Waals surface area contributed by atoms with Gasteiger partial charge in [0.25, 0.3) is 0 Å². The largest absolute Gasteiger partial charge is 0.481 e. The highest BCUT2D eigenvalue weighted by Crippen LogP contribution is 2.28. The van der Waals surface area contributed by atoms with E-state index in [1.165, 1.54) is 9.75 Å². The molecule has 0 amide bonds. The van der Waals surface area contributed by atoms with E-state index in [-0.39, 0.29) is 12.3 Å². The molecule has 1 aromatic rings. The van der Waals surface area contributed by atoms with Crippen LogP contribution in [-0.2, 0) is 11.2 Å². The van der Waals surface area contributed by atoms with Crippen LogP contribution in [0.5, 0.6) is 0 Å². The third kappa shape index (κ3) is 4.04. The molecule has 1 unspecified atom stereocenters. The first-order valence-electron chi connectivity index (χ1n) is 5.29. The van der Waals surface area contributed by atoms with E-state index in [0.29, 0.717) is 5.92 Å². The lowest BCUT2D eigenvalue weighted by atomic mass is 10.1. The summed E-state index contributed by atoms with van der Waals surface area (Å²) < 4.78 is 0. The monoisotopic (exact) mass is 226 g/mol.